The van der Waals surface area contributed by atoms with Crippen LogP contribution in [0.2, 0.25) is 0 Å². The molecule has 0 aliphatic heterocycles. The monoisotopic (exact) mass is 365 g/mol. The fraction of sp³-hybridized carbons (Fsp3) is 0.722. The molecule has 2 N–H and O–H groups in total. The van der Waals surface area contributed by atoms with Crippen molar-refractivity contribution < 1.29 is 14.7 Å². The Morgan fingerprint density at radius 1 is 1.36 bits per heavy atom. The molecule has 6 nitrogen and oxygen atoms in total. The number of aliphatic carboxylic acids is 1. The zero-order valence-corrected chi connectivity index (χ0v) is 15.9. The molecule has 0 atom stereocenters. The van der Waals surface area contributed by atoms with Crippen LogP contribution in [0.15, 0.2) is 5.38 Å². The standard InChI is InChI=1S/C18H27N3O3S/c1-18(2,3)17-20-14(10-25-17)16(24)19-12-6-13(7-12)21(9-15(22)23)8-11-4-5-11/h10-13H,4-9H2,1-3H3,(H,19,24)(H,22,23). The fourth-order valence-electron chi connectivity index (χ4n) is 3.13. The van der Waals surface area contributed by atoms with Crippen LogP contribution in [-0.4, -0.2) is 52.0 Å². The van der Waals surface area contributed by atoms with E-state index < -0.39 is 5.97 Å². The minimum atomic E-state index is -0.773. The Morgan fingerprint density at radius 3 is 2.56 bits per heavy atom. The van der Waals surface area contributed by atoms with Crippen molar-refractivity contribution in [2.75, 3.05) is 13.1 Å². The van der Waals surface area contributed by atoms with Crippen molar-refractivity contribution in [3.63, 3.8) is 0 Å². The van der Waals surface area contributed by atoms with Gasteiger partial charge in [0.15, 0.2) is 0 Å². The summed E-state index contributed by atoms with van der Waals surface area (Å²) in [4.78, 5) is 29.9. The molecule has 2 saturated carbocycles. The Balaban J connectivity index is 1.49. The molecule has 0 unspecified atom stereocenters. The maximum Gasteiger partial charge on any atom is 0.317 e. The molecule has 2 fully saturated rings. The van der Waals surface area contributed by atoms with Gasteiger partial charge < -0.3 is 10.4 Å². The van der Waals surface area contributed by atoms with Crippen molar-refractivity contribution in [3.8, 4) is 0 Å². The van der Waals surface area contributed by atoms with Gasteiger partial charge in [-0.3, -0.25) is 14.5 Å². The minimum Gasteiger partial charge on any atom is -0.480 e. The molecule has 0 saturated heterocycles. The maximum absolute atomic E-state index is 12.4. The lowest BCUT2D eigenvalue weighted by Gasteiger charge is -2.42. The molecule has 7 heteroatoms. The fourth-order valence-corrected chi connectivity index (χ4v) is 4.02. The minimum absolute atomic E-state index is 0.0507. The number of carbonyl (C=O) groups excluding carboxylic acids is 1. The molecule has 0 bridgehead atoms. The van der Waals surface area contributed by atoms with Crippen LogP contribution in [0.1, 0.15) is 62.0 Å². The molecule has 2 aliphatic carbocycles. The second kappa shape index (κ2) is 7.03. The molecular formula is C18H27N3O3S. The third kappa shape index (κ3) is 4.79. The van der Waals surface area contributed by atoms with E-state index in [0.717, 1.165) is 24.4 Å². The quantitative estimate of drug-likeness (QED) is 0.776. The number of nitrogens with one attached hydrogen (secondary N) is 1. The number of carbonyl (C=O) groups is 2. The van der Waals surface area contributed by atoms with E-state index in [1.165, 1.54) is 24.2 Å². The highest BCUT2D eigenvalue weighted by Crippen LogP contribution is 2.34. The number of nitrogens with zero attached hydrogens (tertiary/aromatic N) is 2. The van der Waals surface area contributed by atoms with E-state index in [0.29, 0.717) is 11.6 Å². The maximum atomic E-state index is 12.4. The van der Waals surface area contributed by atoms with Gasteiger partial charge in [-0.2, -0.15) is 0 Å². The largest absolute Gasteiger partial charge is 0.480 e. The Kier molecular flexibility index (Phi) is 5.16. The molecule has 25 heavy (non-hydrogen) atoms. The molecular weight excluding hydrogens is 338 g/mol. The van der Waals surface area contributed by atoms with Crippen LogP contribution in [-0.2, 0) is 10.2 Å². The first-order chi connectivity index (χ1) is 11.7. The van der Waals surface area contributed by atoms with Crippen LogP contribution in [0.25, 0.3) is 0 Å². The van der Waals surface area contributed by atoms with Gasteiger partial charge in [-0.25, -0.2) is 4.98 Å². The summed E-state index contributed by atoms with van der Waals surface area (Å²) in [5, 5.41) is 14.9. The highest BCUT2D eigenvalue weighted by Gasteiger charge is 2.38. The molecule has 1 heterocycles. The van der Waals surface area contributed by atoms with Crippen LogP contribution in [0, 0.1) is 5.92 Å². The van der Waals surface area contributed by atoms with E-state index in [2.05, 4.69) is 36.0 Å². The molecule has 1 aromatic rings. The van der Waals surface area contributed by atoms with Gasteiger partial charge >= 0.3 is 5.97 Å². The molecule has 0 spiro atoms. The number of rotatable bonds is 7. The summed E-state index contributed by atoms with van der Waals surface area (Å²) in [6, 6.07) is 0.385. The molecule has 2 aliphatic rings. The Bertz CT molecular complexity index is 642. The highest BCUT2D eigenvalue weighted by molar-refractivity contribution is 7.10. The first-order valence-corrected chi connectivity index (χ1v) is 9.83. The number of hydrogen-bond donors (Lipinski definition) is 2. The van der Waals surface area contributed by atoms with Crippen LogP contribution in [0.5, 0.6) is 0 Å². The Labute approximate surface area is 152 Å². The lowest BCUT2D eigenvalue weighted by molar-refractivity contribution is -0.139. The van der Waals surface area contributed by atoms with Crippen molar-refractivity contribution in [2.45, 2.75) is 64.0 Å². The van der Waals surface area contributed by atoms with Crippen molar-refractivity contribution in [2.24, 2.45) is 5.92 Å². The topological polar surface area (TPSA) is 82.5 Å². The highest BCUT2D eigenvalue weighted by atomic mass is 32.1. The third-order valence-electron chi connectivity index (χ3n) is 4.87. The number of thiazole rings is 1. The van der Waals surface area contributed by atoms with Gasteiger partial charge in [-0.15, -0.1) is 11.3 Å². The normalized spacial score (nSPS) is 23.4. The van der Waals surface area contributed by atoms with Crippen LogP contribution in [0.3, 0.4) is 0 Å². The lowest BCUT2D eigenvalue weighted by Crippen LogP contribution is -2.55. The van der Waals surface area contributed by atoms with Crippen molar-refractivity contribution in [1.29, 1.82) is 0 Å². The average molecular weight is 365 g/mol. The van der Waals surface area contributed by atoms with Gasteiger partial charge in [0.1, 0.15) is 5.69 Å². The summed E-state index contributed by atoms with van der Waals surface area (Å²) in [5.41, 5.74) is 0.434. The number of aromatic nitrogens is 1. The van der Waals surface area contributed by atoms with E-state index >= 15 is 0 Å². The molecule has 138 valence electrons. The summed E-state index contributed by atoms with van der Waals surface area (Å²) in [6.07, 6.45) is 4.07. The van der Waals surface area contributed by atoms with E-state index in [1.54, 1.807) is 0 Å². The SMILES string of the molecule is CC(C)(C)c1nc(C(=O)NC2CC(N(CC(=O)O)CC3CC3)C2)cs1. The zero-order valence-electron chi connectivity index (χ0n) is 15.1. The Hall–Kier alpha value is -1.47. The average Bonchev–Trinajstić information content (AvgIpc) is 3.11. The van der Waals surface area contributed by atoms with Crippen molar-refractivity contribution in [3.05, 3.63) is 16.1 Å². The van der Waals surface area contributed by atoms with Gasteiger partial charge in [-0.1, -0.05) is 20.8 Å². The van der Waals surface area contributed by atoms with Crippen LogP contribution < -0.4 is 5.32 Å². The predicted octanol–water partition coefficient (Wildman–Crippen LogP) is 2.50. The van der Waals surface area contributed by atoms with E-state index in [1.807, 2.05) is 5.38 Å². The van der Waals surface area contributed by atoms with Crippen LogP contribution in [0.4, 0.5) is 0 Å². The smallest absolute Gasteiger partial charge is 0.317 e. The molecule has 3 rings (SSSR count). The second-order valence-corrected chi connectivity index (χ2v) is 9.21. The first kappa shape index (κ1) is 18.3. The predicted molar refractivity (Wildman–Crippen MR) is 97.0 cm³/mol. The molecule has 0 aromatic carbocycles. The third-order valence-corrected chi connectivity index (χ3v) is 6.14. The number of carboxylic acid groups (broad SMARTS) is 1. The van der Waals surface area contributed by atoms with Gasteiger partial charge in [-0.05, 0) is 31.6 Å². The van der Waals surface area contributed by atoms with Gasteiger partial charge in [0.25, 0.3) is 5.91 Å². The van der Waals surface area contributed by atoms with E-state index in [-0.39, 0.29) is 30.0 Å². The summed E-state index contributed by atoms with van der Waals surface area (Å²) in [6.45, 7) is 7.23. The first-order valence-electron chi connectivity index (χ1n) is 8.95. The molecule has 0 radical (unpaired) electrons. The summed E-state index contributed by atoms with van der Waals surface area (Å²) >= 11 is 1.52. The van der Waals surface area contributed by atoms with Gasteiger partial charge in [0.2, 0.25) is 0 Å². The van der Waals surface area contributed by atoms with Crippen LogP contribution >= 0.6 is 11.3 Å². The Morgan fingerprint density at radius 2 is 2.04 bits per heavy atom. The van der Waals surface area contributed by atoms with Crippen molar-refractivity contribution in [1.82, 2.24) is 15.2 Å². The second-order valence-electron chi connectivity index (χ2n) is 8.35. The number of hydrogen-bond acceptors (Lipinski definition) is 5. The summed E-state index contributed by atoms with van der Waals surface area (Å²) < 4.78 is 0. The number of carboxylic acids is 1. The zero-order chi connectivity index (χ0) is 18.2. The number of amides is 1. The lowest BCUT2D eigenvalue weighted by atomic mass is 9.85. The van der Waals surface area contributed by atoms with Gasteiger partial charge in [0, 0.05) is 29.4 Å². The van der Waals surface area contributed by atoms with Crippen molar-refractivity contribution >= 4 is 23.2 Å². The van der Waals surface area contributed by atoms with Gasteiger partial charge in [0.05, 0.1) is 11.6 Å². The molecule has 1 aromatic heterocycles. The van der Waals surface area contributed by atoms with E-state index in [9.17, 15) is 9.59 Å². The summed E-state index contributed by atoms with van der Waals surface area (Å²) in [7, 11) is 0. The van der Waals surface area contributed by atoms with E-state index in [4.69, 9.17) is 5.11 Å². The summed E-state index contributed by atoms with van der Waals surface area (Å²) in [5.74, 6) is -0.230. The molecule has 1 amide bonds.